The van der Waals surface area contributed by atoms with Crippen molar-refractivity contribution in [3.8, 4) is 22.5 Å². The van der Waals surface area contributed by atoms with Gasteiger partial charge >= 0.3 is 5.97 Å². The number of benzene rings is 1. The van der Waals surface area contributed by atoms with Crippen molar-refractivity contribution >= 4 is 46.5 Å². The van der Waals surface area contributed by atoms with E-state index in [0.717, 1.165) is 0 Å². The van der Waals surface area contributed by atoms with Crippen LogP contribution in [-0.2, 0) is 16.1 Å². The first-order valence-electron chi connectivity index (χ1n) is 13.6. The number of hydrogen-bond acceptors (Lipinski definition) is 9. The van der Waals surface area contributed by atoms with Gasteiger partial charge in [-0.25, -0.2) is 10.8 Å². The first-order chi connectivity index (χ1) is 21.0. The molecule has 228 valence electrons. The second-order valence-electron chi connectivity index (χ2n) is 10.4. The highest BCUT2D eigenvalue weighted by molar-refractivity contribution is 6.31. The number of hydrazine groups is 1. The maximum Gasteiger partial charge on any atom is 0.325 e. The van der Waals surface area contributed by atoms with E-state index in [1.165, 1.54) is 39.0 Å². The Morgan fingerprint density at radius 1 is 1.20 bits per heavy atom. The molecule has 4 aromatic rings. The van der Waals surface area contributed by atoms with Gasteiger partial charge in [-0.1, -0.05) is 36.5 Å². The van der Waals surface area contributed by atoms with E-state index in [-0.39, 0.29) is 22.5 Å². The number of carboxylic acids is 1. The lowest BCUT2D eigenvalue weighted by Crippen LogP contribution is -2.28. The number of rotatable bonds is 6. The monoisotopic (exact) mass is 637 g/mol. The zero-order valence-corrected chi connectivity index (χ0v) is 25.0. The van der Waals surface area contributed by atoms with Gasteiger partial charge in [0.1, 0.15) is 11.7 Å². The van der Waals surface area contributed by atoms with E-state index >= 15 is 0 Å². The predicted molar refractivity (Wildman–Crippen MR) is 167 cm³/mol. The molecule has 4 heterocycles. The summed E-state index contributed by atoms with van der Waals surface area (Å²) in [5.41, 5.74) is 8.44. The number of hydrogen-bond donors (Lipinski definition) is 4. The molecular weight excluding hydrogens is 609 g/mol. The lowest BCUT2D eigenvalue weighted by molar-refractivity contribution is -0.137. The van der Waals surface area contributed by atoms with Crippen LogP contribution in [0.3, 0.4) is 0 Å². The summed E-state index contributed by atoms with van der Waals surface area (Å²) in [6.07, 6.45) is 7.39. The van der Waals surface area contributed by atoms with Gasteiger partial charge in [0, 0.05) is 34.3 Å². The molecule has 2 atom stereocenters. The SMILES string of the molecule is C[C@@H]1CCC[C@H](n2cnc(-c3cc(Cl)ccc3N(N)/C=C(\N)Cl)cc2=O)c2cc(ccn2)-c2c(cnn2CC(=O)O)NC1=O. The largest absolute Gasteiger partial charge is 0.480 e. The van der Waals surface area contributed by atoms with Gasteiger partial charge in [-0.15, -0.1) is 0 Å². The van der Waals surface area contributed by atoms with Crippen molar-refractivity contribution in [3.05, 3.63) is 87.5 Å². The number of anilines is 2. The number of nitrogens with one attached hydrogen (secondary N) is 1. The summed E-state index contributed by atoms with van der Waals surface area (Å²) in [7, 11) is 0. The Morgan fingerprint density at radius 3 is 2.73 bits per heavy atom. The van der Waals surface area contributed by atoms with E-state index in [2.05, 4.69) is 20.4 Å². The summed E-state index contributed by atoms with van der Waals surface area (Å²) in [5.74, 6) is 4.48. The van der Waals surface area contributed by atoms with Gasteiger partial charge in [-0.05, 0) is 43.2 Å². The highest BCUT2D eigenvalue weighted by Gasteiger charge is 2.25. The zero-order chi connectivity index (χ0) is 31.5. The fourth-order valence-corrected chi connectivity index (χ4v) is 5.45. The molecule has 5 rings (SSSR count). The molecule has 0 saturated carbocycles. The van der Waals surface area contributed by atoms with Crippen molar-refractivity contribution in [2.75, 3.05) is 10.3 Å². The second kappa shape index (κ2) is 12.9. The molecule has 1 aliphatic rings. The number of pyridine rings is 1. The molecule has 2 bridgehead atoms. The molecule has 1 aliphatic heterocycles. The smallest absolute Gasteiger partial charge is 0.325 e. The minimum atomic E-state index is -1.09. The van der Waals surface area contributed by atoms with E-state index < -0.39 is 18.6 Å². The molecule has 0 spiro atoms. The van der Waals surface area contributed by atoms with Crippen LogP contribution in [-0.4, -0.2) is 41.3 Å². The lowest BCUT2D eigenvalue weighted by Gasteiger charge is -2.23. The quantitative estimate of drug-likeness (QED) is 0.137. The summed E-state index contributed by atoms with van der Waals surface area (Å²) in [4.78, 5) is 47.4. The number of carbonyl (C=O) groups is 2. The number of carbonyl (C=O) groups excluding carboxylic acids is 1. The number of halogens is 2. The Morgan fingerprint density at radius 2 is 2.00 bits per heavy atom. The van der Waals surface area contributed by atoms with Gasteiger partial charge in [0.2, 0.25) is 5.91 Å². The van der Waals surface area contributed by atoms with E-state index in [4.69, 9.17) is 34.8 Å². The molecule has 0 unspecified atom stereocenters. The number of fused-ring (bicyclic) bond motifs is 4. The molecule has 0 aliphatic carbocycles. The first kappa shape index (κ1) is 30.7. The van der Waals surface area contributed by atoms with Gasteiger partial charge in [0.25, 0.3) is 5.56 Å². The Balaban J connectivity index is 1.60. The second-order valence-corrected chi connectivity index (χ2v) is 11.2. The van der Waals surface area contributed by atoms with Crippen molar-refractivity contribution in [1.29, 1.82) is 0 Å². The van der Waals surface area contributed by atoms with Crippen molar-refractivity contribution in [2.45, 2.75) is 38.8 Å². The van der Waals surface area contributed by atoms with Crippen LogP contribution in [0.25, 0.3) is 22.5 Å². The summed E-state index contributed by atoms with van der Waals surface area (Å²) in [5, 5.41) is 18.1. The Kier molecular flexibility index (Phi) is 8.99. The maximum atomic E-state index is 13.7. The van der Waals surface area contributed by atoms with Crippen molar-refractivity contribution in [1.82, 2.24) is 24.3 Å². The van der Waals surface area contributed by atoms with Crippen LogP contribution in [0.15, 0.2) is 71.3 Å². The summed E-state index contributed by atoms with van der Waals surface area (Å²) in [6, 6.07) is 9.24. The van der Waals surface area contributed by atoms with Crippen LogP contribution in [0.5, 0.6) is 0 Å². The number of aromatic nitrogens is 5. The zero-order valence-electron chi connectivity index (χ0n) is 23.5. The third-order valence-electron chi connectivity index (χ3n) is 7.29. The lowest BCUT2D eigenvalue weighted by atomic mass is 9.97. The van der Waals surface area contributed by atoms with E-state index in [9.17, 15) is 19.5 Å². The molecule has 15 heteroatoms. The molecule has 0 saturated heterocycles. The number of aliphatic carboxylic acids is 1. The fourth-order valence-electron chi connectivity index (χ4n) is 5.17. The van der Waals surface area contributed by atoms with E-state index in [1.54, 1.807) is 36.5 Å². The van der Waals surface area contributed by atoms with E-state index in [0.29, 0.717) is 63.9 Å². The van der Waals surface area contributed by atoms with Crippen molar-refractivity contribution in [2.24, 2.45) is 17.5 Å². The molecule has 44 heavy (non-hydrogen) atoms. The molecule has 0 fully saturated rings. The van der Waals surface area contributed by atoms with Crippen LogP contribution >= 0.6 is 23.2 Å². The van der Waals surface area contributed by atoms with Crippen LogP contribution in [0.1, 0.15) is 37.9 Å². The Bertz CT molecular complexity index is 1820. The summed E-state index contributed by atoms with van der Waals surface area (Å²) >= 11 is 12.1. The van der Waals surface area contributed by atoms with Gasteiger partial charge in [0.05, 0.1) is 53.2 Å². The molecule has 1 amide bonds. The fraction of sp³-hybridized carbons (Fsp3) is 0.241. The minimum Gasteiger partial charge on any atom is -0.480 e. The minimum absolute atomic E-state index is 0.0426. The van der Waals surface area contributed by atoms with Crippen LogP contribution in [0.2, 0.25) is 5.02 Å². The van der Waals surface area contributed by atoms with Gasteiger partial charge in [-0.3, -0.25) is 33.6 Å². The van der Waals surface area contributed by atoms with E-state index in [1.807, 2.05) is 6.92 Å². The molecule has 13 nitrogen and oxygen atoms in total. The first-order valence-corrected chi connectivity index (χ1v) is 14.4. The maximum absolute atomic E-state index is 13.7. The number of amides is 1. The van der Waals surface area contributed by atoms with Gasteiger partial charge in [-0.2, -0.15) is 5.10 Å². The van der Waals surface area contributed by atoms with Crippen molar-refractivity contribution in [3.63, 3.8) is 0 Å². The third-order valence-corrected chi connectivity index (χ3v) is 7.62. The number of nitrogens with zero attached hydrogens (tertiary/aromatic N) is 6. The molecule has 3 aromatic heterocycles. The predicted octanol–water partition coefficient (Wildman–Crippen LogP) is 3.93. The topological polar surface area (TPSA) is 187 Å². The Labute approximate surface area is 261 Å². The van der Waals surface area contributed by atoms with Crippen LogP contribution in [0, 0.1) is 5.92 Å². The summed E-state index contributed by atoms with van der Waals surface area (Å²) in [6.45, 7) is 1.40. The van der Waals surface area contributed by atoms with Crippen LogP contribution < -0.4 is 27.5 Å². The molecule has 6 N–H and O–H groups in total. The molecule has 0 radical (unpaired) electrons. The standard InChI is InChI=1S/C29H29Cl2N9O4/c1-16-3-2-4-24(21-9-17(7-8-34-21)28-22(37-29(16)44)12-36-40(28)14-27(42)43)38-15-35-20(11-26(38)41)19-10-18(30)5-6-23(19)39(33)13-25(31)32/h5-13,15-16,24H,2-4,14,32-33H2,1H3,(H,37,44)(H,42,43)/b25-13-/t16-,24+/m1/s1. The average molecular weight is 639 g/mol. The van der Waals surface area contributed by atoms with Crippen molar-refractivity contribution < 1.29 is 14.7 Å². The highest BCUT2D eigenvalue weighted by Crippen LogP contribution is 2.34. The molecular formula is C29H29Cl2N9O4. The third kappa shape index (κ3) is 6.59. The molecule has 1 aromatic carbocycles. The Hall–Kier alpha value is -4.72. The number of nitrogens with two attached hydrogens (primary N) is 2. The number of carboxylic acid groups (broad SMARTS) is 1. The van der Waals surface area contributed by atoms with Crippen LogP contribution in [0.4, 0.5) is 11.4 Å². The van der Waals surface area contributed by atoms with Gasteiger partial charge in [0.15, 0.2) is 0 Å². The summed E-state index contributed by atoms with van der Waals surface area (Å²) < 4.78 is 2.80. The average Bonchev–Trinajstić information content (AvgIpc) is 3.35. The highest BCUT2D eigenvalue weighted by atomic mass is 35.5. The van der Waals surface area contributed by atoms with Gasteiger partial charge < -0.3 is 16.2 Å². The normalized spacial score (nSPS) is 17.2.